The molecule has 1 atom stereocenters. The lowest BCUT2D eigenvalue weighted by atomic mass is 9.95. The summed E-state index contributed by atoms with van der Waals surface area (Å²) in [6.45, 7) is 1.88. The van der Waals surface area contributed by atoms with Gasteiger partial charge in [0.2, 0.25) is 0 Å². The van der Waals surface area contributed by atoms with Crippen LogP contribution in [0.3, 0.4) is 0 Å². The van der Waals surface area contributed by atoms with Gasteiger partial charge >= 0.3 is 6.18 Å². The number of pyridine rings is 1. The number of nitrogens with two attached hydrogens (primary N) is 1. The molecule has 1 aromatic heterocycles. The molecule has 156 valence electrons. The lowest BCUT2D eigenvalue weighted by Crippen LogP contribution is -2.31. The van der Waals surface area contributed by atoms with Gasteiger partial charge in [0.1, 0.15) is 5.56 Å². The first-order valence-corrected chi connectivity index (χ1v) is 9.19. The molecule has 3 N–H and O–H groups in total. The first kappa shape index (κ1) is 21.3. The second-order valence-corrected chi connectivity index (χ2v) is 6.84. The van der Waals surface area contributed by atoms with Gasteiger partial charge in [-0.1, -0.05) is 30.3 Å². The van der Waals surface area contributed by atoms with Crippen LogP contribution in [0.2, 0.25) is 0 Å². The average Bonchev–Trinajstić information content (AvgIpc) is 2.72. The number of alkyl halides is 3. The van der Waals surface area contributed by atoms with E-state index in [0.717, 1.165) is 17.7 Å². The van der Waals surface area contributed by atoms with Crippen LogP contribution >= 0.6 is 0 Å². The van der Waals surface area contributed by atoms with E-state index < -0.39 is 17.6 Å². The first-order valence-electron chi connectivity index (χ1n) is 9.19. The van der Waals surface area contributed by atoms with Gasteiger partial charge in [0, 0.05) is 12.6 Å². The highest BCUT2D eigenvalue weighted by molar-refractivity contribution is 5.93. The fourth-order valence-electron chi connectivity index (χ4n) is 3.10. The van der Waals surface area contributed by atoms with Gasteiger partial charge in [-0.3, -0.25) is 4.79 Å². The van der Waals surface area contributed by atoms with Crippen LogP contribution in [0.1, 0.15) is 40.0 Å². The third kappa shape index (κ3) is 4.77. The van der Waals surface area contributed by atoms with Gasteiger partial charge in [-0.2, -0.15) is 17.9 Å². The molecule has 0 fully saturated rings. The van der Waals surface area contributed by atoms with Gasteiger partial charge in [0.15, 0.2) is 12.4 Å². The van der Waals surface area contributed by atoms with Crippen LogP contribution in [0.4, 0.5) is 13.2 Å². The molecule has 1 amide bonds. The predicted octanol–water partition coefficient (Wildman–Crippen LogP) is 3.96. The Kier molecular flexibility index (Phi) is 6.07. The Bertz CT molecular complexity index is 1050. The molecule has 2 aromatic carbocycles. The number of carbonyl (C=O) groups is 1. The van der Waals surface area contributed by atoms with Gasteiger partial charge in [0.25, 0.3) is 5.91 Å². The highest BCUT2D eigenvalue weighted by atomic mass is 19.4. The highest BCUT2D eigenvalue weighted by Gasteiger charge is 2.31. The molecular formula is C22H20F3N3O2. The zero-order valence-electron chi connectivity index (χ0n) is 16.1. The van der Waals surface area contributed by atoms with Crippen molar-refractivity contribution in [3.8, 4) is 11.1 Å². The number of nitrogens with one attached hydrogen (secondary N) is 1. The maximum Gasteiger partial charge on any atom is 0.416 e. The molecule has 3 aromatic rings. The van der Waals surface area contributed by atoms with Crippen LogP contribution in [-0.4, -0.2) is 5.91 Å². The zero-order valence-corrected chi connectivity index (χ0v) is 16.1. The topological polar surface area (TPSA) is 82.1 Å². The maximum atomic E-state index is 13.1. The molecule has 0 aliphatic rings. The van der Waals surface area contributed by atoms with Crippen LogP contribution in [0.15, 0.2) is 67.0 Å². The van der Waals surface area contributed by atoms with E-state index in [4.69, 9.17) is 5.73 Å². The minimum atomic E-state index is -4.44. The highest BCUT2D eigenvalue weighted by Crippen LogP contribution is 2.34. The Morgan fingerprint density at radius 1 is 1.17 bits per heavy atom. The molecule has 30 heavy (non-hydrogen) atoms. The normalized spacial score (nSPS) is 12.4. The molecule has 0 saturated carbocycles. The molecule has 0 spiro atoms. The lowest BCUT2D eigenvalue weighted by molar-refractivity contribution is -0.605. The zero-order chi connectivity index (χ0) is 21.9. The van der Waals surface area contributed by atoms with Crippen molar-refractivity contribution in [2.45, 2.75) is 25.7 Å². The molecule has 8 heteroatoms. The predicted molar refractivity (Wildman–Crippen MR) is 106 cm³/mol. The summed E-state index contributed by atoms with van der Waals surface area (Å²) in [6, 6.07) is 13.0. The molecule has 0 unspecified atom stereocenters. The van der Waals surface area contributed by atoms with E-state index in [-0.39, 0.29) is 18.2 Å². The van der Waals surface area contributed by atoms with Crippen molar-refractivity contribution in [1.82, 2.24) is 5.32 Å². The summed E-state index contributed by atoms with van der Waals surface area (Å²) in [4.78, 5) is 12.3. The molecule has 5 nitrogen and oxygen atoms in total. The number of hydrogen-bond donors (Lipinski definition) is 2. The standard InChI is InChI=1S/C22H20F3N3O2/c1-14(27-21(29)18-3-2-10-28(30)13-18)15-4-6-16(7-5-15)20-11-19(22(23,24)25)9-8-17(20)12-26/h2-11,13-14H,12,26H2,1H3,(H,27,29)/t14-/m1/s1. The Morgan fingerprint density at radius 3 is 2.47 bits per heavy atom. The summed E-state index contributed by atoms with van der Waals surface area (Å²) in [5.74, 6) is -0.403. The largest absolute Gasteiger partial charge is 0.619 e. The molecule has 0 bridgehead atoms. The number of nitrogens with zero attached hydrogens (tertiary/aromatic N) is 1. The quantitative estimate of drug-likeness (QED) is 0.489. The van der Waals surface area contributed by atoms with Crippen molar-refractivity contribution in [1.29, 1.82) is 0 Å². The van der Waals surface area contributed by atoms with E-state index in [1.165, 1.54) is 30.6 Å². The molecule has 0 saturated heterocycles. The number of aromatic nitrogens is 1. The molecule has 0 aliphatic heterocycles. The number of hydrogen-bond acceptors (Lipinski definition) is 3. The van der Waals surface area contributed by atoms with Crippen LogP contribution in [0.5, 0.6) is 0 Å². The first-order chi connectivity index (χ1) is 14.2. The van der Waals surface area contributed by atoms with Crippen LogP contribution < -0.4 is 15.8 Å². The molecule has 1 heterocycles. The van der Waals surface area contributed by atoms with Crippen molar-refractivity contribution in [3.63, 3.8) is 0 Å². The smallest absolute Gasteiger partial charge is 0.416 e. The second-order valence-electron chi connectivity index (χ2n) is 6.84. The van der Waals surface area contributed by atoms with Gasteiger partial charge < -0.3 is 16.3 Å². The third-order valence-electron chi connectivity index (χ3n) is 4.76. The van der Waals surface area contributed by atoms with E-state index in [1.54, 1.807) is 31.2 Å². The maximum absolute atomic E-state index is 13.1. The minimum absolute atomic E-state index is 0.110. The van der Waals surface area contributed by atoms with Crippen molar-refractivity contribution < 1.29 is 22.7 Å². The summed E-state index contributed by atoms with van der Waals surface area (Å²) in [5.41, 5.74) is 7.56. The Balaban J connectivity index is 1.82. The van der Waals surface area contributed by atoms with Crippen molar-refractivity contribution in [2.75, 3.05) is 0 Å². The Morgan fingerprint density at radius 2 is 1.87 bits per heavy atom. The summed E-state index contributed by atoms with van der Waals surface area (Å²) in [5, 5.41) is 14.1. The summed E-state index contributed by atoms with van der Waals surface area (Å²) < 4.78 is 39.8. The van der Waals surface area contributed by atoms with E-state index in [2.05, 4.69) is 5.32 Å². The summed E-state index contributed by atoms with van der Waals surface area (Å²) in [7, 11) is 0. The monoisotopic (exact) mass is 415 g/mol. The number of amides is 1. The molecule has 0 radical (unpaired) electrons. The fourth-order valence-corrected chi connectivity index (χ4v) is 3.10. The number of carbonyl (C=O) groups excluding carboxylic acids is 1. The fraction of sp³-hybridized carbons (Fsp3) is 0.182. The van der Waals surface area contributed by atoms with Crippen molar-refractivity contribution in [2.24, 2.45) is 5.73 Å². The summed E-state index contributed by atoms with van der Waals surface area (Å²) in [6.07, 6.45) is -1.99. The van der Waals surface area contributed by atoms with Gasteiger partial charge in [-0.15, -0.1) is 0 Å². The lowest BCUT2D eigenvalue weighted by Gasteiger charge is -2.16. The van der Waals surface area contributed by atoms with Gasteiger partial charge in [-0.05, 0) is 47.4 Å². The van der Waals surface area contributed by atoms with Crippen molar-refractivity contribution in [3.05, 3.63) is 94.5 Å². The van der Waals surface area contributed by atoms with Gasteiger partial charge in [0.05, 0.1) is 11.6 Å². The third-order valence-corrected chi connectivity index (χ3v) is 4.76. The minimum Gasteiger partial charge on any atom is -0.619 e. The summed E-state index contributed by atoms with van der Waals surface area (Å²) >= 11 is 0. The Hall–Kier alpha value is -3.39. The van der Waals surface area contributed by atoms with E-state index in [1.807, 2.05) is 0 Å². The van der Waals surface area contributed by atoms with Crippen LogP contribution in [0.25, 0.3) is 11.1 Å². The number of rotatable bonds is 5. The Labute approximate surface area is 171 Å². The molecular weight excluding hydrogens is 395 g/mol. The SMILES string of the molecule is C[C@@H](NC(=O)c1ccc[n+]([O-])c1)c1ccc(-c2cc(C(F)(F)F)ccc2CN)cc1. The van der Waals surface area contributed by atoms with E-state index in [0.29, 0.717) is 21.4 Å². The second kappa shape index (κ2) is 8.54. The average molecular weight is 415 g/mol. The molecule has 3 rings (SSSR count). The van der Waals surface area contributed by atoms with E-state index in [9.17, 15) is 23.2 Å². The van der Waals surface area contributed by atoms with Gasteiger partial charge in [-0.25, -0.2) is 0 Å². The van der Waals surface area contributed by atoms with Crippen LogP contribution in [-0.2, 0) is 12.7 Å². The van der Waals surface area contributed by atoms with Crippen LogP contribution in [0, 0.1) is 5.21 Å². The van der Waals surface area contributed by atoms with Crippen molar-refractivity contribution >= 4 is 5.91 Å². The van der Waals surface area contributed by atoms with E-state index >= 15 is 0 Å². The number of halogens is 3. The molecule has 0 aliphatic carbocycles. The number of benzene rings is 2.